The molecule has 1 aliphatic rings. The highest BCUT2D eigenvalue weighted by Crippen LogP contribution is 2.36. The van der Waals surface area contributed by atoms with Crippen molar-refractivity contribution in [2.24, 2.45) is 0 Å². The summed E-state index contributed by atoms with van der Waals surface area (Å²) in [5, 5.41) is 10.0. The number of fused-ring (bicyclic) bond motifs is 1. The summed E-state index contributed by atoms with van der Waals surface area (Å²) < 4.78 is 7.79. The summed E-state index contributed by atoms with van der Waals surface area (Å²) in [7, 11) is 0. The number of aliphatic hydroxyl groups is 1. The van der Waals surface area contributed by atoms with Crippen molar-refractivity contribution in [1.82, 2.24) is 19.5 Å². The molecule has 1 fully saturated rings. The van der Waals surface area contributed by atoms with Gasteiger partial charge < -0.3 is 15.6 Å². The minimum Gasteiger partial charge on any atom is -0.389 e. The minimum absolute atomic E-state index is 0.212. The second kappa shape index (κ2) is 6.39. The van der Waals surface area contributed by atoms with Crippen LogP contribution in [0.3, 0.4) is 0 Å². The molecule has 0 spiro atoms. The summed E-state index contributed by atoms with van der Waals surface area (Å²) in [5.74, 6) is 0.331. The molecule has 4 atom stereocenters. The molecule has 0 aromatic carbocycles. The van der Waals surface area contributed by atoms with Crippen LogP contribution in [0.15, 0.2) is 12.7 Å². The van der Waals surface area contributed by atoms with Crippen molar-refractivity contribution < 1.29 is 9.84 Å². The number of thiol groups is 1. The number of aromatic nitrogens is 4. The van der Waals surface area contributed by atoms with Gasteiger partial charge in [-0.25, -0.2) is 15.0 Å². The molecule has 1 saturated heterocycles. The van der Waals surface area contributed by atoms with E-state index in [4.69, 9.17) is 10.5 Å². The van der Waals surface area contributed by atoms with Crippen molar-refractivity contribution in [3.63, 3.8) is 0 Å². The molecule has 3 heterocycles. The molecule has 0 bridgehead atoms. The maximum Gasteiger partial charge on any atom is 0.167 e. The maximum atomic E-state index is 10.4. The monoisotopic (exact) mass is 323 g/mol. The topological polar surface area (TPSA) is 99.1 Å². The quantitative estimate of drug-likeness (QED) is 0.570. The molecule has 1 aliphatic heterocycles. The molecule has 0 aliphatic carbocycles. The van der Waals surface area contributed by atoms with Crippen LogP contribution in [0, 0.1) is 0 Å². The summed E-state index contributed by atoms with van der Waals surface area (Å²) in [6, 6.07) is 0. The predicted octanol–water partition coefficient (Wildman–Crippen LogP) is 1.55. The van der Waals surface area contributed by atoms with Gasteiger partial charge >= 0.3 is 0 Å². The minimum atomic E-state index is -0.609. The molecule has 0 amide bonds. The molecular formula is C14H21N5O2S. The van der Waals surface area contributed by atoms with Gasteiger partial charge in [0, 0.05) is 0 Å². The number of hydrogen-bond donors (Lipinski definition) is 3. The van der Waals surface area contributed by atoms with Crippen molar-refractivity contribution in [3.05, 3.63) is 12.7 Å². The van der Waals surface area contributed by atoms with Crippen LogP contribution in [0.5, 0.6) is 0 Å². The van der Waals surface area contributed by atoms with Crippen molar-refractivity contribution in [2.45, 2.75) is 56.3 Å². The first-order valence-corrected chi connectivity index (χ1v) is 8.09. The molecule has 2 aromatic heterocycles. The fraction of sp³-hybridized carbons (Fsp3) is 0.643. The van der Waals surface area contributed by atoms with Gasteiger partial charge in [0.1, 0.15) is 11.8 Å². The Hall–Kier alpha value is -1.38. The van der Waals surface area contributed by atoms with Crippen LogP contribution in [0.1, 0.15) is 38.8 Å². The Bertz CT molecular complexity index is 649. The average molecular weight is 323 g/mol. The molecule has 3 N–H and O–H groups in total. The van der Waals surface area contributed by atoms with E-state index in [0.29, 0.717) is 17.0 Å². The van der Waals surface area contributed by atoms with Crippen LogP contribution in [-0.2, 0) is 4.74 Å². The van der Waals surface area contributed by atoms with E-state index in [-0.39, 0.29) is 11.4 Å². The lowest BCUT2D eigenvalue weighted by Crippen LogP contribution is -2.27. The van der Waals surface area contributed by atoms with E-state index in [0.717, 1.165) is 25.7 Å². The summed E-state index contributed by atoms with van der Waals surface area (Å²) in [6.45, 7) is 2.15. The lowest BCUT2D eigenvalue weighted by molar-refractivity contribution is -0.0216. The van der Waals surface area contributed by atoms with Gasteiger partial charge in [-0.15, -0.1) is 0 Å². The zero-order valence-corrected chi connectivity index (χ0v) is 13.4. The second-order valence-electron chi connectivity index (χ2n) is 5.63. The number of hydrogen-bond acceptors (Lipinski definition) is 7. The van der Waals surface area contributed by atoms with Gasteiger partial charge in [-0.05, 0) is 6.42 Å². The van der Waals surface area contributed by atoms with Gasteiger partial charge in [0.2, 0.25) is 0 Å². The highest BCUT2D eigenvalue weighted by Gasteiger charge is 2.42. The van der Waals surface area contributed by atoms with Gasteiger partial charge in [-0.2, -0.15) is 12.6 Å². The second-order valence-corrected chi connectivity index (χ2v) is 6.22. The van der Waals surface area contributed by atoms with Crippen molar-refractivity contribution in [3.8, 4) is 0 Å². The summed E-state index contributed by atoms with van der Waals surface area (Å²) in [6.07, 6.45) is 5.91. The number of unbranched alkanes of at least 4 members (excludes halogenated alkanes) is 2. The number of nitrogens with two attached hydrogens (primary N) is 1. The number of imidazole rings is 1. The molecule has 2 aromatic rings. The Morgan fingerprint density at radius 3 is 2.95 bits per heavy atom. The Kier molecular flexibility index (Phi) is 4.51. The van der Waals surface area contributed by atoms with Gasteiger partial charge in [-0.3, -0.25) is 4.57 Å². The third kappa shape index (κ3) is 2.66. The molecule has 3 rings (SSSR count). The summed E-state index contributed by atoms with van der Waals surface area (Å²) >= 11 is 4.53. The van der Waals surface area contributed by atoms with Crippen LogP contribution in [-0.4, -0.2) is 42.1 Å². The number of nitrogen functional groups attached to an aromatic ring is 1. The van der Waals surface area contributed by atoms with Crippen LogP contribution in [0.25, 0.3) is 11.2 Å². The third-order valence-electron chi connectivity index (χ3n) is 4.09. The normalized spacial score (nSPS) is 28.5. The molecule has 22 heavy (non-hydrogen) atoms. The fourth-order valence-electron chi connectivity index (χ4n) is 2.85. The van der Waals surface area contributed by atoms with Crippen LogP contribution in [0.4, 0.5) is 5.82 Å². The highest BCUT2D eigenvalue weighted by atomic mass is 32.1. The van der Waals surface area contributed by atoms with E-state index in [1.807, 2.05) is 0 Å². The Morgan fingerprint density at radius 2 is 2.18 bits per heavy atom. The molecule has 7 nitrogen and oxygen atoms in total. The van der Waals surface area contributed by atoms with E-state index < -0.39 is 12.3 Å². The Morgan fingerprint density at radius 1 is 1.36 bits per heavy atom. The number of rotatable bonds is 5. The van der Waals surface area contributed by atoms with Crippen LogP contribution >= 0.6 is 12.6 Å². The highest BCUT2D eigenvalue weighted by molar-refractivity contribution is 7.81. The first-order valence-electron chi connectivity index (χ1n) is 7.58. The zero-order valence-electron chi connectivity index (χ0n) is 12.5. The van der Waals surface area contributed by atoms with Gasteiger partial charge in [-0.1, -0.05) is 26.2 Å². The van der Waals surface area contributed by atoms with Crippen molar-refractivity contribution in [2.75, 3.05) is 5.73 Å². The molecule has 8 heteroatoms. The zero-order chi connectivity index (χ0) is 15.7. The van der Waals surface area contributed by atoms with E-state index in [9.17, 15) is 5.11 Å². The number of anilines is 1. The first-order chi connectivity index (χ1) is 10.6. The molecule has 0 saturated carbocycles. The van der Waals surface area contributed by atoms with Gasteiger partial charge in [0.05, 0.1) is 23.8 Å². The number of nitrogens with zero attached hydrogens (tertiary/aromatic N) is 4. The summed E-state index contributed by atoms with van der Waals surface area (Å²) in [4.78, 5) is 12.4. The Labute approximate surface area is 134 Å². The third-order valence-corrected chi connectivity index (χ3v) is 4.65. The molecular weight excluding hydrogens is 302 g/mol. The smallest absolute Gasteiger partial charge is 0.167 e. The standard InChI is InChI=1S/C14H21N5O2S/c1-2-3-4-5-8-10(20)11(22)14(21-8)19-7-18-9-12(15)16-6-17-13(9)19/h6-8,10-11,14,20,22H,2-5H2,1H3,(H2,15,16,17)/t8-,10-,11-,14-/m1/s1. The molecule has 120 valence electrons. The van der Waals surface area contributed by atoms with Crippen molar-refractivity contribution in [1.29, 1.82) is 0 Å². The predicted molar refractivity (Wildman–Crippen MR) is 86.6 cm³/mol. The average Bonchev–Trinajstić information content (AvgIpc) is 3.05. The summed E-state index contributed by atoms with van der Waals surface area (Å²) in [5.41, 5.74) is 6.94. The van der Waals surface area contributed by atoms with E-state index in [1.165, 1.54) is 6.33 Å². The first kappa shape index (κ1) is 15.5. The molecule has 0 unspecified atom stereocenters. The largest absolute Gasteiger partial charge is 0.389 e. The Balaban J connectivity index is 1.83. The number of aliphatic hydroxyl groups excluding tert-OH is 1. The fourth-order valence-corrected chi connectivity index (χ4v) is 3.26. The van der Waals surface area contributed by atoms with Crippen molar-refractivity contribution >= 4 is 29.6 Å². The lowest BCUT2D eigenvalue weighted by atomic mass is 10.1. The maximum absolute atomic E-state index is 10.4. The van der Waals surface area contributed by atoms with E-state index >= 15 is 0 Å². The van der Waals surface area contributed by atoms with Crippen LogP contribution in [0.2, 0.25) is 0 Å². The van der Waals surface area contributed by atoms with Gasteiger partial charge in [0.15, 0.2) is 17.7 Å². The van der Waals surface area contributed by atoms with E-state index in [2.05, 4.69) is 34.5 Å². The molecule has 0 radical (unpaired) electrons. The number of ether oxygens (including phenoxy) is 1. The van der Waals surface area contributed by atoms with Gasteiger partial charge in [0.25, 0.3) is 0 Å². The SMILES string of the molecule is CCCCC[C@H]1O[C@@H](n2cnc3c(N)ncnc32)[C@H](S)[C@@H]1O. The van der Waals surface area contributed by atoms with E-state index in [1.54, 1.807) is 10.9 Å². The lowest BCUT2D eigenvalue weighted by Gasteiger charge is -2.16. The van der Waals surface area contributed by atoms with Crippen LogP contribution < -0.4 is 5.73 Å².